The van der Waals surface area contributed by atoms with E-state index in [1.807, 2.05) is 20.8 Å². The van der Waals surface area contributed by atoms with Crippen molar-refractivity contribution in [2.45, 2.75) is 32.6 Å². The molecule has 0 atom stereocenters. The van der Waals surface area contributed by atoms with Crippen molar-refractivity contribution in [2.75, 3.05) is 13.1 Å². The summed E-state index contributed by atoms with van der Waals surface area (Å²) in [6.45, 7) is 6.65. The van der Waals surface area contributed by atoms with Crippen molar-refractivity contribution in [3.63, 3.8) is 0 Å². The van der Waals surface area contributed by atoms with Gasteiger partial charge in [-0.3, -0.25) is 14.9 Å². The molecule has 0 saturated heterocycles. The van der Waals surface area contributed by atoms with Crippen LogP contribution in [0.2, 0.25) is 0 Å². The van der Waals surface area contributed by atoms with Crippen LogP contribution in [0.3, 0.4) is 0 Å². The van der Waals surface area contributed by atoms with Crippen LogP contribution in [0, 0.1) is 10.1 Å². The van der Waals surface area contributed by atoms with Crippen LogP contribution in [-0.4, -0.2) is 23.9 Å². The number of nitrogens with one attached hydrogen (secondary N) is 1. The van der Waals surface area contributed by atoms with Gasteiger partial charge in [0.05, 0.1) is 4.92 Å². The molecule has 0 aliphatic carbocycles. The molecule has 6 nitrogen and oxygen atoms in total. The van der Waals surface area contributed by atoms with Crippen molar-refractivity contribution in [1.82, 2.24) is 5.32 Å². The topological polar surface area (TPSA) is 98.3 Å². The number of amides is 1. The number of nitro benzene ring substituents is 1. The third-order valence-electron chi connectivity index (χ3n) is 2.93. The molecule has 0 unspecified atom stereocenters. The Hall–Kier alpha value is -1.95. The summed E-state index contributed by atoms with van der Waals surface area (Å²) in [5.41, 5.74) is 5.88. The summed E-state index contributed by atoms with van der Waals surface area (Å²) in [4.78, 5) is 22.6. The van der Waals surface area contributed by atoms with Gasteiger partial charge in [0.15, 0.2) is 0 Å². The molecule has 0 aromatic heterocycles. The van der Waals surface area contributed by atoms with E-state index in [0.29, 0.717) is 30.6 Å². The Morgan fingerprint density at radius 1 is 1.40 bits per heavy atom. The standard InChI is InChI=1S/C14H21N3O3/c1-14(2,3)11-6-5-10(9-12(11)17(19)20)13(18)16-8-4-7-15/h5-6,9H,4,7-8,15H2,1-3H3,(H,16,18). The summed E-state index contributed by atoms with van der Waals surface area (Å²) in [5.74, 6) is -0.318. The smallest absolute Gasteiger partial charge is 0.273 e. The fraction of sp³-hybridized carbons (Fsp3) is 0.500. The van der Waals surface area contributed by atoms with Crippen LogP contribution in [0.5, 0.6) is 0 Å². The van der Waals surface area contributed by atoms with Crippen molar-refractivity contribution >= 4 is 11.6 Å². The zero-order chi connectivity index (χ0) is 15.3. The lowest BCUT2D eigenvalue weighted by atomic mass is 9.85. The van der Waals surface area contributed by atoms with E-state index in [4.69, 9.17) is 5.73 Å². The van der Waals surface area contributed by atoms with Crippen LogP contribution >= 0.6 is 0 Å². The Balaban J connectivity index is 3.05. The Kier molecular flexibility index (Phi) is 5.21. The normalized spacial score (nSPS) is 11.2. The third-order valence-corrected chi connectivity index (χ3v) is 2.93. The Morgan fingerprint density at radius 3 is 2.55 bits per heavy atom. The van der Waals surface area contributed by atoms with Gasteiger partial charge in [0.2, 0.25) is 0 Å². The minimum atomic E-state index is -0.447. The van der Waals surface area contributed by atoms with E-state index in [1.165, 1.54) is 6.07 Å². The fourth-order valence-corrected chi connectivity index (χ4v) is 1.86. The first-order valence-corrected chi connectivity index (χ1v) is 6.54. The number of carbonyl (C=O) groups excluding carboxylic acids is 1. The largest absolute Gasteiger partial charge is 0.352 e. The fourth-order valence-electron chi connectivity index (χ4n) is 1.86. The highest BCUT2D eigenvalue weighted by Gasteiger charge is 2.25. The van der Waals surface area contributed by atoms with Crippen molar-refractivity contribution in [1.29, 1.82) is 0 Å². The third kappa shape index (κ3) is 4.03. The Bertz CT molecular complexity index is 507. The zero-order valence-electron chi connectivity index (χ0n) is 12.1. The van der Waals surface area contributed by atoms with Crippen LogP contribution in [0.15, 0.2) is 18.2 Å². The molecule has 0 fully saturated rings. The maximum atomic E-state index is 11.9. The molecule has 0 radical (unpaired) electrons. The number of nitrogens with zero attached hydrogens (tertiary/aromatic N) is 1. The van der Waals surface area contributed by atoms with E-state index in [9.17, 15) is 14.9 Å². The van der Waals surface area contributed by atoms with Gasteiger partial charge in [-0.1, -0.05) is 26.8 Å². The molecule has 0 bridgehead atoms. The predicted octanol–water partition coefficient (Wildman–Crippen LogP) is 1.97. The lowest BCUT2D eigenvalue weighted by Crippen LogP contribution is -2.26. The van der Waals surface area contributed by atoms with E-state index in [0.717, 1.165) is 0 Å². The molecule has 3 N–H and O–H groups in total. The molecule has 0 heterocycles. The average molecular weight is 279 g/mol. The highest BCUT2D eigenvalue weighted by Crippen LogP contribution is 2.31. The van der Waals surface area contributed by atoms with E-state index >= 15 is 0 Å². The first-order chi connectivity index (χ1) is 9.27. The van der Waals surface area contributed by atoms with E-state index in [1.54, 1.807) is 12.1 Å². The highest BCUT2D eigenvalue weighted by molar-refractivity contribution is 5.95. The van der Waals surface area contributed by atoms with E-state index in [2.05, 4.69) is 5.32 Å². The van der Waals surface area contributed by atoms with Gasteiger partial charge in [-0.25, -0.2) is 0 Å². The predicted molar refractivity (Wildman–Crippen MR) is 77.8 cm³/mol. The van der Waals surface area contributed by atoms with Gasteiger partial charge in [0, 0.05) is 23.7 Å². The summed E-state index contributed by atoms with van der Waals surface area (Å²) in [5, 5.41) is 13.8. The molecule has 1 amide bonds. The molecule has 0 saturated carbocycles. The minimum absolute atomic E-state index is 0.0241. The maximum absolute atomic E-state index is 11.9. The maximum Gasteiger partial charge on any atom is 0.273 e. The summed E-state index contributed by atoms with van der Waals surface area (Å²) in [6.07, 6.45) is 0.675. The molecule has 0 aliphatic rings. The number of hydrogen-bond acceptors (Lipinski definition) is 4. The molecular weight excluding hydrogens is 258 g/mol. The van der Waals surface area contributed by atoms with Crippen molar-refractivity contribution in [3.8, 4) is 0 Å². The van der Waals surface area contributed by atoms with Gasteiger partial charge in [0.1, 0.15) is 0 Å². The van der Waals surface area contributed by atoms with Crippen LogP contribution in [0.1, 0.15) is 43.1 Å². The molecule has 1 rings (SSSR count). The number of nitrogens with two attached hydrogens (primary N) is 1. The minimum Gasteiger partial charge on any atom is -0.352 e. The molecule has 1 aromatic rings. The van der Waals surface area contributed by atoms with Gasteiger partial charge in [-0.15, -0.1) is 0 Å². The average Bonchev–Trinajstić information content (AvgIpc) is 2.37. The molecule has 6 heteroatoms. The Labute approximate surface area is 118 Å². The van der Waals surface area contributed by atoms with Crippen molar-refractivity contribution in [2.24, 2.45) is 5.73 Å². The van der Waals surface area contributed by atoms with Crippen LogP contribution < -0.4 is 11.1 Å². The first-order valence-electron chi connectivity index (χ1n) is 6.54. The number of carbonyl (C=O) groups is 1. The van der Waals surface area contributed by atoms with Crippen molar-refractivity contribution in [3.05, 3.63) is 39.4 Å². The highest BCUT2D eigenvalue weighted by atomic mass is 16.6. The van der Waals surface area contributed by atoms with Gasteiger partial charge < -0.3 is 11.1 Å². The lowest BCUT2D eigenvalue weighted by molar-refractivity contribution is -0.386. The molecule has 0 spiro atoms. The first kappa shape index (κ1) is 16.1. The molecule has 110 valence electrons. The molecule has 0 aliphatic heterocycles. The monoisotopic (exact) mass is 279 g/mol. The summed E-state index contributed by atoms with van der Waals surface area (Å²) in [6, 6.07) is 4.60. The van der Waals surface area contributed by atoms with Gasteiger partial charge in [-0.05, 0) is 24.4 Å². The summed E-state index contributed by atoms with van der Waals surface area (Å²) in [7, 11) is 0. The number of nitro groups is 1. The second-order valence-electron chi connectivity index (χ2n) is 5.64. The molecule has 1 aromatic carbocycles. The zero-order valence-corrected chi connectivity index (χ0v) is 12.1. The van der Waals surface area contributed by atoms with Gasteiger partial charge in [-0.2, -0.15) is 0 Å². The van der Waals surface area contributed by atoms with Gasteiger partial charge >= 0.3 is 0 Å². The summed E-state index contributed by atoms with van der Waals surface area (Å²) < 4.78 is 0. The second kappa shape index (κ2) is 6.47. The van der Waals surface area contributed by atoms with E-state index < -0.39 is 4.92 Å². The van der Waals surface area contributed by atoms with Crippen LogP contribution in [0.25, 0.3) is 0 Å². The number of benzene rings is 1. The SMILES string of the molecule is CC(C)(C)c1ccc(C(=O)NCCCN)cc1[N+](=O)[O-]. The molecule has 20 heavy (non-hydrogen) atoms. The summed E-state index contributed by atoms with van der Waals surface area (Å²) >= 11 is 0. The number of rotatable bonds is 5. The number of hydrogen-bond donors (Lipinski definition) is 2. The van der Waals surface area contributed by atoms with Crippen LogP contribution in [0.4, 0.5) is 5.69 Å². The second-order valence-corrected chi connectivity index (χ2v) is 5.64. The quantitative estimate of drug-likeness (QED) is 0.489. The van der Waals surface area contributed by atoms with Crippen LogP contribution in [-0.2, 0) is 5.41 Å². The Morgan fingerprint density at radius 2 is 2.05 bits per heavy atom. The van der Waals surface area contributed by atoms with E-state index in [-0.39, 0.29) is 17.0 Å². The molecular formula is C14H21N3O3. The lowest BCUT2D eigenvalue weighted by Gasteiger charge is -2.19. The van der Waals surface area contributed by atoms with Gasteiger partial charge in [0.25, 0.3) is 11.6 Å². The van der Waals surface area contributed by atoms with Crippen molar-refractivity contribution < 1.29 is 9.72 Å².